The number of carbonyl (C=O) groups is 1. The molecule has 4 heterocycles. The summed E-state index contributed by atoms with van der Waals surface area (Å²) in [5.41, 5.74) is 5.53. The Labute approximate surface area is 153 Å². The molecule has 2 aromatic rings. The molecule has 2 aliphatic heterocycles. The molecular formula is C19H23N5O2. The molecule has 1 fully saturated rings. The maximum absolute atomic E-state index is 11.8. The highest BCUT2D eigenvalue weighted by Gasteiger charge is 2.39. The van der Waals surface area contributed by atoms with Crippen molar-refractivity contribution >= 4 is 12.0 Å². The molecule has 4 rings (SSSR count). The lowest BCUT2D eigenvalue weighted by Gasteiger charge is -2.45. The second-order valence-electron chi connectivity index (χ2n) is 7.08. The van der Waals surface area contributed by atoms with Crippen LogP contribution in [0.4, 0.5) is 5.69 Å². The molecule has 0 spiro atoms. The number of aryl methyl sites for hydroxylation is 1. The molecule has 1 unspecified atom stereocenters. The summed E-state index contributed by atoms with van der Waals surface area (Å²) in [6, 6.07) is 2.00. The van der Waals surface area contributed by atoms with Gasteiger partial charge >= 0.3 is 0 Å². The van der Waals surface area contributed by atoms with Gasteiger partial charge in [-0.25, -0.2) is 9.97 Å². The largest absolute Gasteiger partial charge is 0.378 e. The molecule has 1 saturated heterocycles. The number of rotatable bonds is 6. The van der Waals surface area contributed by atoms with Gasteiger partial charge in [-0.1, -0.05) is 0 Å². The van der Waals surface area contributed by atoms with Crippen molar-refractivity contribution in [2.45, 2.75) is 32.7 Å². The Morgan fingerprint density at radius 2 is 2.08 bits per heavy atom. The Hall–Kier alpha value is -2.38. The van der Waals surface area contributed by atoms with Crippen molar-refractivity contribution in [2.24, 2.45) is 5.92 Å². The van der Waals surface area contributed by atoms with E-state index in [4.69, 9.17) is 9.72 Å². The van der Waals surface area contributed by atoms with Gasteiger partial charge in [-0.05, 0) is 24.1 Å². The third kappa shape index (κ3) is 3.08. The summed E-state index contributed by atoms with van der Waals surface area (Å²) in [4.78, 5) is 29.2. The number of carbonyl (C=O) groups excluding carboxylic acids is 1. The normalized spacial score (nSPS) is 18.5. The SMILES string of the molecule is COCc1cc(C)c2c(n1)CN(C(C=O)C1CN(c3cncnc3)C1)C2. The van der Waals surface area contributed by atoms with Crippen LogP contribution in [-0.4, -0.2) is 52.4 Å². The van der Waals surface area contributed by atoms with E-state index in [1.54, 1.807) is 7.11 Å². The molecule has 0 radical (unpaired) electrons. The molecule has 0 amide bonds. The summed E-state index contributed by atoms with van der Waals surface area (Å²) in [6.45, 7) is 5.84. The van der Waals surface area contributed by atoms with E-state index in [1.807, 2.05) is 12.4 Å². The Kier molecular flexibility index (Phi) is 4.65. The Morgan fingerprint density at radius 3 is 2.77 bits per heavy atom. The fourth-order valence-corrected chi connectivity index (χ4v) is 3.96. The van der Waals surface area contributed by atoms with Gasteiger partial charge in [0, 0.05) is 39.2 Å². The highest BCUT2D eigenvalue weighted by molar-refractivity contribution is 5.61. The Morgan fingerprint density at radius 1 is 1.31 bits per heavy atom. The van der Waals surface area contributed by atoms with Gasteiger partial charge in [-0.15, -0.1) is 0 Å². The molecule has 0 N–H and O–H groups in total. The van der Waals surface area contributed by atoms with Gasteiger partial charge in [0.05, 0.1) is 42.1 Å². The van der Waals surface area contributed by atoms with Gasteiger partial charge in [0.1, 0.15) is 12.6 Å². The van der Waals surface area contributed by atoms with E-state index >= 15 is 0 Å². The van der Waals surface area contributed by atoms with Crippen molar-refractivity contribution in [3.05, 3.63) is 47.3 Å². The maximum Gasteiger partial charge on any atom is 0.137 e. The molecule has 2 aromatic heterocycles. The Bertz CT molecular complexity index is 792. The molecule has 7 nitrogen and oxygen atoms in total. The van der Waals surface area contributed by atoms with Crippen LogP contribution in [0.1, 0.15) is 22.5 Å². The van der Waals surface area contributed by atoms with Crippen LogP contribution in [0.25, 0.3) is 0 Å². The van der Waals surface area contributed by atoms with E-state index in [2.05, 4.69) is 32.8 Å². The van der Waals surface area contributed by atoms with Crippen molar-refractivity contribution in [1.82, 2.24) is 19.9 Å². The quantitative estimate of drug-likeness (QED) is 0.726. The van der Waals surface area contributed by atoms with Crippen LogP contribution in [0.15, 0.2) is 24.8 Å². The lowest BCUT2D eigenvalue weighted by Crippen LogP contribution is -2.56. The Balaban J connectivity index is 1.44. The molecule has 0 aromatic carbocycles. The van der Waals surface area contributed by atoms with Crippen molar-refractivity contribution in [2.75, 3.05) is 25.1 Å². The molecule has 0 saturated carbocycles. The van der Waals surface area contributed by atoms with Crippen LogP contribution in [-0.2, 0) is 29.2 Å². The number of pyridine rings is 1. The first-order valence-corrected chi connectivity index (χ1v) is 8.86. The van der Waals surface area contributed by atoms with Gasteiger partial charge in [-0.2, -0.15) is 0 Å². The maximum atomic E-state index is 11.8. The zero-order valence-corrected chi connectivity index (χ0v) is 15.1. The zero-order valence-electron chi connectivity index (χ0n) is 15.1. The highest BCUT2D eigenvalue weighted by atomic mass is 16.5. The first-order chi connectivity index (χ1) is 12.7. The molecule has 0 bridgehead atoms. The lowest BCUT2D eigenvalue weighted by molar-refractivity contribution is -0.114. The molecular weight excluding hydrogens is 330 g/mol. The van der Waals surface area contributed by atoms with Gasteiger partial charge in [0.15, 0.2) is 0 Å². The van der Waals surface area contributed by atoms with E-state index < -0.39 is 0 Å². The topological polar surface area (TPSA) is 71.5 Å². The number of fused-ring (bicyclic) bond motifs is 1. The van der Waals surface area contributed by atoms with Crippen molar-refractivity contribution in [1.29, 1.82) is 0 Å². The number of aldehydes is 1. The predicted molar refractivity (Wildman–Crippen MR) is 96.5 cm³/mol. The van der Waals surface area contributed by atoms with Gasteiger partial charge in [0.2, 0.25) is 0 Å². The first kappa shape index (κ1) is 17.1. The van der Waals surface area contributed by atoms with Crippen molar-refractivity contribution < 1.29 is 9.53 Å². The molecule has 7 heteroatoms. The fraction of sp³-hybridized carbons (Fsp3) is 0.474. The minimum Gasteiger partial charge on any atom is -0.378 e. The minimum absolute atomic E-state index is 0.0876. The summed E-state index contributed by atoms with van der Waals surface area (Å²) in [5.74, 6) is 0.320. The van der Waals surface area contributed by atoms with Gasteiger partial charge < -0.3 is 14.4 Å². The predicted octanol–water partition coefficient (Wildman–Crippen LogP) is 1.35. The van der Waals surface area contributed by atoms with E-state index in [0.717, 1.165) is 49.5 Å². The van der Waals surface area contributed by atoms with E-state index in [0.29, 0.717) is 12.5 Å². The average molecular weight is 353 g/mol. The number of anilines is 1. The monoisotopic (exact) mass is 353 g/mol. The smallest absolute Gasteiger partial charge is 0.137 e. The van der Waals surface area contributed by atoms with E-state index in [9.17, 15) is 4.79 Å². The number of aromatic nitrogens is 3. The zero-order chi connectivity index (χ0) is 18.1. The van der Waals surface area contributed by atoms with Crippen molar-refractivity contribution in [3.8, 4) is 0 Å². The first-order valence-electron chi connectivity index (χ1n) is 8.86. The molecule has 1 atom stereocenters. The number of hydrogen-bond acceptors (Lipinski definition) is 7. The number of ether oxygens (including phenoxy) is 1. The summed E-state index contributed by atoms with van der Waals surface area (Å²) >= 11 is 0. The van der Waals surface area contributed by atoms with Crippen molar-refractivity contribution in [3.63, 3.8) is 0 Å². The average Bonchev–Trinajstić information content (AvgIpc) is 3.03. The third-order valence-electron chi connectivity index (χ3n) is 5.36. The summed E-state index contributed by atoms with van der Waals surface area (Å²) in [5, 5.41) is 0. The molecule has 2 aliphatic rings. The number of methoxy groups -OCH3 is 1. The number of nitrogens with zero attached hydrogens (tertiary/aromatic N) is 5. The highest BCUT2D eigenvalue weighted by Crippen LogP contribution is 2.32. The standard InChI is InChI=1S/C19H23N5O2/c1-13-3-15(11-26-2)22-18-9-24(8-17(13)18)19(10-25)14-6-23(7-14)16-4-20-12-21-5-16/h3-5,10,12,14,19H,6-9,11H2,1-2H3. The summed E-state index contributed by atoms with van der Waals surface area (Å²) in [7, 11) is 1.68. The van der Waals surface area contributed by atoms with Gasteiger partial charge in [0.25, 0.3) is 0 Å². The molecule has 0 aliphatic carbocycles. The van der Waals surface area contributed by atoms with Crippen LogP contribution in [0.3, 0.4) is 0 Å². The van der Waals surface area contributed by atoms with Crippen LogP contribution in [0.2, 0.25) is 0 Å². The fourth-order valence-electron chi connectivity index (χ4n) is 3.96. The van der Waals surface area contributed by atoms with Gasteiger partial charge in [-0.3, -0.25) is 9.88 Å². The minimum atomic E-state index is -0.0876. The molecule has 136 valence electrons. The summed E-state index contributed by atoms with van der Waals surface area (Å²) < 4.78 is 5.21. The molecule has 26 heavy (non-hydrogen) atoms. The third-order valence-corrected chi connectivity index (χ3v) is 5.36. The summed E-state index contributed by atoms with van der Waals surface area (Å²) in [6.07, 6.45) is 6.26. The van der Waals surface area contributed by atoms with Crippen LogP contribution in [0.5, 0.6) is 0 Å². The second-order valence-corrected chi connectivity index (χ2v) is 7.08. The lowest BCUT2D eigenvalue weighted by atomic mass is 9.91. The van der Waals surface area contributed by atoms with E-state index in [1.165, 1.54) is 17.5 Å². The van der Waals surface area contributed by atoms with Crippen LogP contribution < -0.4 is 4.90 Å². The van der Waals surface area contributed by atoms with Crippen LogP contribution in [0, 0.1) is 12.8 Å². The van der Waals surface area contributed by atoms with E-state index in [-0.39, 0.29) is 6.04 Å². The number of hydrogen-bond donors (Lipinski definition) is 0. The second kappa shape index (κ2) is 7.09. The van der Waals surface area contributed by atoms with Crippen LogP contribution >= 0.6 is 0 Å².